The molecule has 0 bridgehead atoms. The van der Waals surface area contributed by atoms with Crippen molar-refractivity contribution in [2.45, 2.75) is 13.5 Å². The Morgan fingerprint density at radius 1 is 1.37 bits per heavy atom. The average molecular weight is 258 g/mol. The van der Waals surface area contributed by atoms with Crippen molar-refractivity contribution in [1.29, 1.82) is 0 Å². The second-order valence-electron chi connectivity index (χ2n) is 3.91. The van der Waals surface area contributed by atoms with Gasteiger partial charge in [-0.05, 0) is 24.6 Å². The molecule has 0 radical (unpaired) electrons. The summed E-state index contributed by atoms with van der Waals surface area (Å²) < 4.78 is 5.19. The first-order valence-electron chi connectivity index (χ1n) is 5.82. The standard InChI is InChI=1S/C13H14N4O2/c1-10-4-6-15-13(17-10)19-9-12(18)16-8-11-3-2-5-14-7-11/h2-7H,8-9H2,1H3,(H,16,18). The predicted molar refractivity (Wildman–Crippen MR) is 68.3 cm³/mol. The third-order valence-corrected chi connectivity index (χ3v) is 2.32. The highest BCUT2D eigenvalue weighted by molar-refractivity contribution is 5.77. The Labute approximate surface area is 110 Å². The van der Waals surface area contributed by atoms with Crippen LogP contribution < -0.4 is 10.1 Å². The summed E-state index contributed by atoms with van der Waals surface area (Å²) in [6, 6.07) is 5.67. The highest BCUT2D eigenvalue weighted by Crippen LogP contribution is 2.01. The van der Waals surface area contributed by atoms with Gasteiger partial charge in [0.1, 0.15) is 0 Å². The third kappa shape index (κ3) is 4.34. The van der Waals surface area contributed by atoms with Crippen molar-refractivity contribution in [1.82, 2.24) is 20.3 Å². The molecule has 0 aliphatic rings. The van der Waals surface area contributed by atoms with Crippen LogP contribution in [0.1, 0.15) is 11.3 Å². The zero-order valence-electron chi connectivity index (χ0n) is 10.5. The Bertz CT molecular complexity index is 545. The maximum Gasteiger partial charge on any atom is 0.317 e. The number of aryl methyl sites for hydroxylation is 1. The van der Waals surface area contributed by atoms with Crippen molar-refractivity contribution in [3.63, 3.8) is 0 Å². The van der Waals surface area contributed by atoms with Crippen LogP contribution in [0.4, 0.5) is 0 Å². The minimum Gasteiger partial charge on any atom is -0.453 e. The van der Waals surface area contributed by atoms with Crippen LogP contribution >= 0.6 is 0 Å². The number of aromatic nitrogens is 3. The molecule has 1 N–H and O–H groups in total. The second-order valence-corrected chi connectivity index (χ2v) is 3.91. The molecule has 0 atom stereocenters. The van der Waals surface area contributed by atoms with Gasteiger partial charge < -0.3 is 10.1 Å². The Hall–Kier alpha value is -2.50. The smallest absolute Gasteiger partial charge is 0.317 e. The van der Waals surface area contributed by atoms with E-state index in [2.05, 4.69) is 20.3 Å². The summed E-state index contributed by atoms with van der Waals surface area (Å²) in [6.45, 7) is 2.14. The lowest BCUT2D eigenvalue weighted by Gasteiger charge is -2.06. The Kier molecular flexibility index (Phi) is 4.39. The molecule has 0 saturated carbocycles. The summed E-state index contributed by atoms with van der Waals surface area (Å²) in [4.78, 5) is 23.5. The first kappa shape index (κ1) is 12.9. The van der Waals surface area contributed by atoms with Crippen LogP contribution in [0.5, 0.6) is 6.01 Å². The van der Waals surface area contributed by atoms with Crippen molar-refractivity contribution in [3.05, 3.63) is 48.0 Å². The molecule has 2 aromatic rings. The number of carbonyl (C=O) groups is 1. The minimum absolute atomic E-state index is 0.107. The quantitative estimate of drug-likeness (QED) is 0.861. The molecule has 6 nitrogen and oxygen atoms in total. The minimum atomic E-state index is -0.228. The fourth-order valence-corrected chi connectivity index (χ4v) is 1.38. The molecule has 0 saturated heterocycles. The molecule has 0 aliphatic heterocycles. The van der Waals surface area contributed by atoms with Crippen molar-refractivity contribution in [3.8, 4) is 6.01 Å². The van der Waals surface area contributed by atoms with E-state index in [1.165, 1.54) is 0 Å². The van der Waals surface area contributed by atoms with E-state index in [-0.39, 0.29) is 18.5 Å². The normalized spacial score (nSPS) is 9.95. The van der Waals surface area contributed by atoms with E-state index in [1.54, 1.807) is 24.7 Å². The Morgan fingerprint density at radius 3 is 3.00 bits per heavy atom. The Balaban J connectivity index is 1.76. The van der Waals surface area contributed by atoms with Gasteiger partial charge in [0, 0.05) is 30.8 Å². The number of hydrogen-bond acceptors (Lipinski definition) is 5. The molecule has 6 heteroatoms. The van der Waals surface area contributed by atoms with E-state index in [4.69, 9.17) is 4.74 Å². The number of amides is 1. The van der Waals surface area contributed by atoms with E-state index in [9.17, 15) is 4.79 Å². The van der Waals surface area contributed by atoms with Gasteiger partial charge in [-0.3, -0.25) is 9.78 Å². The van der Waals surface area contributed by atoms with Crippen LogP contribution in [0.25, 0.3) is 0 Å². The van der Waals surface area contributed by atoms with Crippen LogP contribution in [0.2, 0.25) is 0 Å². The monoisotopic (exact) mass is 258 g/mol. The largest absolute Gasteiger partial charge is 0.453 e. The number of hydrogen-bond donors (Lipinski definition) is 1. The summed E-state index contributed by atoms with van der Waals surface area (Å²) in [5, 5.41) is 2.72. The van der Waals surface area contributed by atoms with Gasteiger partial charge in [0.25, 0.3) is 5.91 Å². The summed E-state index contributed by atoms with van der Waals surface area (Å²) in [5.74, 6) is -0.228. The molecular weight excluding hydrogens is 244 g/mol. The summed E-state index contributed by atoms with van der Waals surface area (Å²) in [5.41, 5.74) is 1.73. The van der Waals surface area contributed by atoms with E-state index >= 15 is 0 Å². The average Bonchev–Trinajstić information content (AvgIpc) is 2.44. The van der Waals surface area contributed by atoms with Gasteiger partial charge in [-0.2, -0.15) is 0 Å². The molecule has 98 valence electrons. The zero-order chi connectivity index (χ0) is 13.5. The Morgan fingerprint density at radius 2 is 2.26 bits per heavy atom. The van der Waals surface area contributed by atoms with Gasteiger partial charge >= 0.3 is 6.01 Å². The van der Waals surface area contributed by atoms with Gasteiger partial charge in [0.15, 0.2) is 6.61 Å². The first-order chi connectivity index (χ1) is 9.24. The van der Waals surface area contributed by atoms with Gasteiger partial charge in [-0.1, -0.05) is 6.07 Å². The van der Waals surface area contributed by atoms with Gasteiger partial charge in [-0.15, -0.1) is 0 Å². The molecule has 1 amide bonds. The number of nitrogens with zero attached hydrogens (tertiary/aromatic N) is 3. The topological polar surface area (TPSA) is 77.0 Å². The first-order valence-corrected chi connectivity index (χ1v) is 5.82. The highest BCUT2D eigenvalue weighted by Gasteiger charge is 2.04. The predicted octanol–water partition coefficient (Wildman–Crippen LogP) is 0.875. The number of pyridine rings is 1. The number of carbonyl (C=O) groups excluding carboxylic acids is 1. The summed E-state index contributed by atoms with van der Waals surface area (Å²) in [6.07, 6.45) is 4.97. The zero-order valence-corrected chi connectivity index (χ0v) is 10.5. The SMILES string of the molecule is Cc1ccnc(OCC(=O)NCc2cccnc2)n1. The third-order valence-electron chi connectivity index (χ3n) is 2.32. The summed E-state index contributed by atoms with van der Waals surface area (Å²) >= 11 is 0. The van der Waals surface area contributed by atoms with E-state index in [0.717, 1.165) is 11.3 Å². The van der Waals surface area contributed by atoms with Crippen LogP contribution in [0.3, 0.4) is 0 Å². The molecule has 0 aliphatic carbocycles. The number of ether oxygens (including phenoxy) is 1. The van der Waals surface area contributed by atoms with Gasteiger partial charge in [0.2, 0.25) is 0 Å². The maximum absolute atomic E-state index is 11.6. The lowest BCUT2D eigenvalue weighted by molar-refractivity contribution is -0.123. The lowest BCUT2D eigenvalue weighted by atomic mass is 10.3. The fourth-order valence-electron chi connectivity index (χ4n) is 1.38. The molecule has 2 aromatic heterocycles. The number of rotatable bonds is 5. The lowest BCUT2D eigenvalue weighted by Crippen LogP contribution is -2.28. The fraction of sp³-hybridized carbons (Fsp3) is 0.231. The molecule has 0 aromatic carbocycles. The molecule has 0 unspecified atom stereocenters. The van der Waals surface area contributed by atoms with E-state index in [1.807, 2.05) is 19.1 Å². The second kappa shape index (κ2) is 6.44. The molecule has 2 rings (SSSR count). The van der Waals surface area contributed by atoms with E-state index in [0.29, 0.717) is 6.54 Å². The molecule has 19 heavy (non-hydrogen) atoms. The molecular formula is C13H14N4O2. The summed E-state index contributed by atoms with van der Waals surface area (Å²) in [7, 11) is 0. The van der Waals surface area contributed by atoms with Gasteiger partial charge in [-0.25, -0.2) is 9.97 Å². The van der Waals surface area contributed by atoms with Crippen molar-refractivity contribution in [2.24, 2.45) is 0 Å². The van der Waals surface area contributed by atoms with Gasteiger partial charge in [0.05, 0.1) is 0 Å². The van der Waals surface area contributed by atoms with Crippen molar-refractivity contribution < 1.29 is 9.53 Å². The van der Waals surface area contributed by atoms with Crippen LogP contribution in [0, 0.1) is 6.92 Å². The van der Waals surface area contributed by atoms with Crippen molar-refractivity contribution >= 4 is 5.91 Å². The van der Waals surface area contributed by atoms with Crippen LogP contribution in [0.15, 0.2) is 36.8 Å². The molecule has 0 spiro atoms. The highest BCUT2D eigenvalue weighted by atomic mass is 16.5. The van der Waals surface area contributed by atoms with E-state index < -0.39 is 0 Å². The van der Waals surface area contributed by atoms with Crippen LogP contribution in [-0.2, 0) is 11.3 Å². The van der Waals surface area contributed by atoms with Crippen molar-refractivity contribution in [2.75, 3.05) is 6.61 Å². The molecule has 0 fully saturated rings. The molecule has 2 heterocycles. The number of nitrogens with one attached hydrogen (secondary N) is 1. The van der Waals surface area contributed by atoms with Crippen LogP contribution in [-0.4, -0.2) is 27.5 Å². The maximum atomic E-state index is 11.6.